The third-order valence-electron chi connectivity index (χ3n) is 2.15. The van der Waals surface area contributed by atoms with E-state index in [1.54, 1.807) is 31.2 Å². The molecule has 0 fully saturated rings. The van der Waals surface area contributed by atoms with E-state index in [0.29, 0.717) is 17.9 Å². The van der Waals surface area contributed by atoms with Crippen LogP contribution in [0.4, 0.5) is 8.78 Å². The zero-order valence-electron chi connectivity index (χ0n) is 8.84. The number of benzene rings is 1. The molecule has 0 saturated heterocycles. The first-order chi connectivity index (χ1) is 7.20. The second kappa shape index (κ2) is 5.66. The van der Waals surface area contributed by atoms with E-state index in [1.807, 2.05) is 0 Å². The molecular formula is C11H15F2NO. The van der Waals surface area contributed by atoms with Gasteiger partial charge in [-0.05, 0) is 12.6 Å². The molecule has 0 radical (unpaired) electrons. The van der Waals surface area contributed by atoms with Crippen LogP contribution in [0.15, 0.2) is 24.3 Å². The molecule has 0 amide bonds. The highest BCUT2D eigenvalue weighted by atomic mass is 19.3. The molecule has 1 unspecified atom stereocenters. The molecule has 1 aromatic carbocycles. The summed E-state index contributed by atoms with van der Waals surface area (Å²) < 4.78 is 30.6. The minimum absolute atomic E-state index is 0.490. The van der Waals surface area contributed by atoms with Gasteiger partial charge >= 0.3 is 0 Å². The van der Waals surface area contributed by atoms with Crippen LogP contribution in [-0.4, -0.2) is 20.1 Å². The number of nitrogens with one attached hydrogen (secondary N) is 1. The standard InChI is InChI=1S/C11H15F2NO/c1-3-14-10(11(12)13)8-6-4-5-7-9(8)15-2/h4-7,10-11,14H,3H2,1-2H3. The smallest absolute Gasteiger partial charge is 0.257 e. The van der Waals surface area contributed by atoms with Crippen LogP contribution in [0.25, 0.3) is 0 Å². The van der Waals surface area contributed by atoms with Gasteiger partial charge in [0.1, 0.15) is 5.75 Å². The average molecular weight is 215 g/mol. The van der Waals surface area contributed by atoms with Crippen LogP contribution in [-0.2, 0) is 0 Å². The Morgan fingerprint density at radius 2 is 2.00 bits per heavy atom. The molecule has 0 bridgehead atoms. The van der Waals surface area contributed by atoms with Crippen LogP contribution < -0.4 is 10.1 Å². The largest absolute Gasteiger partial charge is 0.496 e. The quantitative estimate of drug-likeness (QED) is 0.815. The topological polar surface area (TPSA) is 21.3 Å². The van der Waals surface area contributed by atoms with Crippen molar-refractivity contribution in [2.24, 2.45) is 0 Å². The molecule has 1 rings (SSSR count). The molecule has 1 aromatic rings. The maximum absolute atomic E-state index is 12.8. The Balaban J connectivity index is 2.98. The molecule has 1 atom stereocenters. The van der Waals surface area contributed by atoms with Gasteiger partial charge < -0.3 is 10.1 Å². The van der Waals surface area contributed by atoms with Crippen LogP contribution >= 0.6 is 0 Å². The highest BCUT2D eigenvalue weighted by molar-refractivity contribution is 5.36. The van der Waals surface area contributed by atoms with E-state index in [0.717, 1.165) is 0 Å². The van der Waals surface area contributed by atoms with Crippen molar-refractivity contribution in [1.29, 1.82) is 0 Å². The molecular weight excluding hydrogens is 200 g/mol. The number of methoxy groups -OCH3 is 1. The van der Waals surface area contributed by atoms with Crippen LogP contribution in [0.3, 0.4) is 0 Å². The van der Waals surface area contributed by atoms with Crippen molar-refractivity contribution in [2.45, 2.75) is 19.4 Å². The van der Waals surface area contributed by atoms with E-state index < -0.39 is 12.5 Å². The summed E-state index contributed by atoms with van der Waals surface area (Å²) in [6, 6.07) is 5.85. The van der Waals surface area contributed by atoms with Gasteiger partial charge in [-0.1, -0.05) is 25.1 Å². The van der Waals surface area contributed by atoms with E-state index in [2.05, 4.69) is 5.32 Å². The SMILES string of the molecule is CCNC(c1ccccc1OC)C(F)F. The molecule has 0 aliphatic rings. The van der Waals surface area contributed by atoms with Gasteiger partial charge in [0.25, 0.3) is 6.43 Å². The maximum Gasteiger partial charge on any atom is 0.257 e. The minimum atomic E-state index is -2.44. The lowest BCUT2D eigenvalue weighted by atomic mass is 10.1. The third-order valence-corrected chi connectivity index (χ3v) is 2.15. The van der Waals surface area contributed by atoms with Gasteiger partial charge in [0, 0.05) is 5.56 Å². The zero-order chi connectivity index (χ0) is 11.3. The van der Waals surface area contributed by atoms with Gasteiger partial charge in [-0.25, -0.2) is 8.78 Å². The van der Waals surface area contributed by atoms with Crippen LogP contribution in [0.5, 0.6) is 5.75 Å². The lowest BCUT2D eigenvalue weighted by Crippen LogP contribution is -2.27. The lowest BCUT2D eigenvalue weighted by molar-refractivity contribution is 0.0979. The van der Waals surface area contributed by atoms with Gasteiger partial charge in [0.2, 0.25) is 0 Å². The van der Waals surface area contributed by atoms with Crippen LogP contribution in [0, 0.1) is 0 Å². The molecule has 15 heavy (non-hydrogen) atoms. The first-order valence-electron chi connectivity index (χ1n) is 4.85. The number of para-hydroxylation sites is 1. The van der Waals surface area contributed by atoms with Crippen LogP contribution in [0.2, 0.25) is 0 Å². The number of hydrogen-bond acceptors (Lipinski definition) is 2. The van der Waals surface area contributed by atoms with Gasteiger partial charge in [-0.15, -0.1) is 0 Å². The molecule has 0 aliphatic heterocycles. The molecule has 0 saturated carbocycles. The van der Waals surface area contributed by atoms with Crippen molar-refractivity contribution in [1.82, 2.24) is 5.32 Å². The Morgan fingerprint density at radius 3 is 2.53 bits per heavy atom. The first-order valence-corrected chi connectivity index (χ1v) is 4.85. The maximum atomic E-state index is 12.8. The summed E-state index contributed by atoms with van der Waals surface area (Å²) in [6.45, 7) is 2.29. The summed E-state index contributed by atoms with van der Waals surface area (Å²) >= 11 is 0. The first kappa shape index (κ1) is 11.9. The Hall–Kier alpha value is -1.16. The third kappa shape index (κ3) is 2.89. The molecule has 0 aliphatic carbocycles. The summed E-state index contributed by atoms with van der Waals surface area (Å²) in [4.78, 5) is 0. The summed E-state index contributed by atoms with van der Waals surface area (Å²) in [6.07, 6.45) is -2.44. The molecule has 1 N–H and O–H groups in total. The number of hydrogen-bond donors (Lipinski definition) is 1. The zero-order valence-corrected chi connectivity index (χ0v) is 8.84. The fourth-order valence-corrected chi connectivity index (χ4v) is 1.48. The molecule has 2 nitrogen and oxygen atoms in total. The minimum Gasteiger partial charge on any atom is -0.496 e. The fourth-order valence-electron chi connectivity index (χ4n) is 1.48. The fraction of sp³-hybridized carbons (Fsp3) is 0.455. The summed E-state index contributed by atoms with van der Waals surface area (Å²) in [5, 5.41) is 2.74. The summed E-state index contributed by atoms with van der Waals surface area (Å²) in [7, 11) is 1.48. The van der Waals surface area contributed by atoms with Crippen molar-refractivity contribution < 1.29 is 13.5 Å². The van der Waals surface area contributed by atoms with Gasteiger partial charge in [0.05, 0.1) is 13.2 Å². The highest BCUT2D eigenvalue weighted by Gasteiger charge is 2.23. The second-order valence-electron chi connectivity index (χ2n) is 3.11. The monoisotopic (exact) mass is 215 g/mol. The average Bonchev–Trinajstić information content (AvgIpc) is 2.25. The normalized spacial score (nSPS) is 12.9. The molecule has 0 spiro atoms. The van der Waals surface area contributed by atoms with Gasteiger partial charge in [-0.2, -0.15) is 0 Å². The molecule has 4 heteroatoms. The number of ether oxygens (including phenoxy) is 1. The van der Waals surface area contributed by atoms with E-state index >= 15 is 0 Å². The van der Waals surface area contributed by atoms with E-state index in [-0.39, 0.29) is 0 Å². The predicted molar refractivity (Wildman–Crippen MR) is 55.4 cm³/mol. The van der Waals surface area contributed by atoms with Crippen molar-refractivity contribution in [3.05, 3.63) is 29.8 Å². The Morgan fingerprint density at radius 1 is 1.33 bits per heavy atom. The molecule has 0 heterocycles. The van der Waals surface area contributed by atoms with Crippen molar-refractivity contribution in [2.75, 3.05) is 13.7 Å². The lowest BCUT2D eigenvalue weighted by Gasteiger charge is -2.19. The number of halogens is 2. The summed E-state index contributed by atoms with van der Waals surface area (Å²) in [5.74, 6) is 0.490. The highest BCUT2D eigenvalue weighted by Crippen LogP contribution is 2.28. The Bertz CT molecular complexity index is 304. The Labute approximate surface area is 88.3 Å². The molecule has 84 valence electrons. The molecule has 0 aromatic heterocycles. The number of rotatable bonds is 5. The number of alkyl halides is 2. The van der Waals surface area contributed by atoms with E-state index in [9.17, 15) is 8.78 Å². The van der Waals surface area contributed by atoms with Gasteiger partial charge in [-0.3, -0.25) is 0 Å². The summed E-state index contributed by atoms with van der Waals surface area (Å²) in [5.41, 5.74) is 0.497. The second-order valence-corrected chi connectivity index (χ2v) is 3.11. The van der Waals surface area contributed by atoms with Crippen molar-refractivity contribution >= 4 is 0 Å². The predicted octanol–water partition coefficient (Wildman–Crippen LogP) is 2.61. The van der Waals surface area contributed by atoms with Gasteiger partial charge in [0.15, 0.2) is 0 Å². The van der Waals surface area contributed by atoms with Crippen LogP contribution in [0.1, 0.15) is 18.5 Å². The van der Waals surface area contributed by atoms with Crippen molar-refractivity contribution in [3.8, 4) is 5.75 Å². The van der Waals surface area contributed by atoms with Crippen molar-refractivity contribution in [3.63, 3.8) is 0 Å². The van der Waals surface area contributed by atoms with E-state index in [1.165, 1.54) is 7.11 Å². The Kier molecular flexibility index (Phi) is 4.49. The van der Waals surface area contributed by atoms with E-state index in [4.69, 9.17) is 4.74 Å².